The summed E-state index contributed by atoms with van der Waals surface area (Å²) >= 11 is 1.22. The highest BCUT2D eigenvalue weighted by molar-refractivity contribution is 7.91. The number of nitrogens with zero attached hydrogens (tertiary/aromatic N) is 2. The third-order valence-corrected chi connectivity index (χ3v) is 9.68. The molecule has 0 saturated carbocycles. The smallest absolute Gasteiger partial charge is 0.229 e. The molecule has 0 aliphatic rings. The van der Waals surface area contributed by atoms with Crippen LogP contribution >= 0.6 is 11.3 Å². The van der Waals surface area contributed by atoms with Crippen molar-refractivity contribution in [3.63, 3.8) is 0 Å². The summed E-state index contributed by atoms with van der Waals surface area (Å²) < 4.78 is 55.1. The van der Waals surface area contributed by atoms with Crippen LogP contribution in [0.2, 0.25) is 0 Å². The molecule has 8 nitrogen and oxygen atoms in total. The Hall–Kier alpha value is -3.28. The number of hydrogen-bond donors (Lipinski definition) is 0. The van der Waals surface area contributed by atoms with Crippen LogP contribution in [0.5, 0.6) is 5.75 Å². The van der Waals surface area contributed by atoms with E-state index in [1.807, 2.05) is 30.3 Å². The van der Waals surface area contributed by atoms with Crippen LogP contribution in [0.25, 0.3) is 10.2 Å². The molecule has 0 atom stereocenters. The van der Waals surface area contributed by atoms with Gasteiger partial charge in [0.15, 0.2) is 24.8 Å². The van der Waals surface area contributed by atoms with Crippen LogP contribution < -0.4 is 9.64 Å². The van der Waals surface area contributed by atoms with Gasteiger partial charge in [0.1, 0.15) is 5.75 Å². The standard InChI is InChI=1S/C26H26N2O6S3/c1-34-20-10-12-21(13-11-20)37(32,33)16-6-9-25(29)28(18-19-7-4-3-5-8-19)26-27-23-15-14-22(36(2,30)31)17-24(23)35-26/h3-5,7-8,10-15,17H,6,9,16,18H2,1-2H3. The van der Waals surface area contributed by atoms with Gasteiger partial charge in [0, 0.05) is 12.7 Å². The van der Waals surface area contributed by atoms with E-state index >= 15 is 0 Å². The van der Waals surface area contributed by atoms with Crippen molar-refractivity contribution in [2.45, 2.75) is 29.2 Å². The summed E-state index contributed by atoms with van der Waals surface area (Å²) in [5.74, 6) is 0.114. The lowest BCUT2D eigenvalue weighted by molar-refractivity contribution is -0.118. The number of anilines is 1. The fourth-order valence-corrected chi connectivity index (χ4v) is 6.77. The van der Waals surface area contributed by atoms with E-state index < -0.39 is 19.7 Å². The third kappa shape index (κ3) is 6.54. The maximum atomic E-state index is 13.3. The quantitative estimate of drug-likeness (QED) is 0.282. The molecule has 1 aromatic heterocycles. The van der Waals surface area contributed by atoms with Crippen LogP contribution in [0.15, 0.2) is 82.6 Å². The first-order valence-electron chi connectivity index (χ1n) is 11.4. The van der Waals surface area contributed by atoms with Crippen LogP contribution in [-0.4, -0.2) is 46.8 Å². The van der Waals surface area contributed by atoms with Gasteiger partial charge in [0.2, 0.25) is 5.91 Å². The van der Waals surface area contributed by atoms with E-state index in [1.54, 1.807) is 24.3 Å². The number of hydrogen-bond acceptors (Lipinski definition) is 8. The zero-order chi connectivity index (χ0) is 26.6. The number of rotatable bonds is 10. The van der Waals surface area contributed by atoms with Crippen molar-refractivity contribution in [1.29, 1.82) is 0 Å². The van der Waals surface area contributed by atoms with Crippen molar-refractivity contribution < 1.29 is 26.4 Å². The van der Waals surface area contributed by atoms with E-state index in [9.17, 15) is 21.6 Å². The summed E-state index contributed by atoms with van der Waals surface area (Å²) in [4.78, 5) is 19.8. The molecule has 0 aliphatic carbocycles. The van der Waals surface area contributed by atoms with Gasteiger partial charge in [0.25, 0.3) is 0 Å². The maximum Gasteiger partial charge on any atom is 0.229 e. The molecule has 1 heterocycles. The van der Waals surface area contributed by atoms with E-state index in [-0.39, 0.29) is 40.8 Å². The Morgan fingerprint density at radius 2 is 1.62 bits per heavy atom. The molecule has 0 spiro atoms. The number of ether oxygens (including phenoxy) is 1. The number of sulfone groups is 2. The van der Waals surface area contributed by atoms with Crippen LogP contribution in [-0.2, 0) is 31.0 Å². The van der Waals surface area contributed by atoms with Crippen molar-refractivity contribution in [3.8, 4) is 5.75 Å². The molecule has 1 amide bonds. The SMILES string of the molecule is COc1ccc(S(=O)(=O)CCCC(=O)N(Cc2ccccc2)c2nc3ccc(S(C)(=O)=O)cc3s2)cc1. The van der Waals surface area contributed by atoms with Crippen molar-refractivity contribution in [1.82, 2.24) is 4.98 Å². The number of fused-ring (bicyclic) bond motifs is 1. The minimum Gasteiger partial charge on any atom is -0.497 e. The molecule has 0 bridgehead atoms. The second kappa shape index (κ2) is 11.0. The minimum absolute atomic E-state index is 0.00668. The zero-order valence-corrected chi connectivity index (χ0v) is 22.8. The summed E-state index contributed by atoms with van der Waals surface area (Å²) in [5, 5.41) is 0.424. The van der Waals surface area contributed by atoms with Crippen molar-refractivity contribution in [2.75, 3.05) is 24.0 Å². The minimum atomic E-state index is -3.57. The Kier molecular flexibility index (Phi) is 7.96. The Morgan fingerprint density at radius 1 is 0.946 bits per heavy atom. The number of thiazole rings is 1. The van der Waals surface area contributed by atoms with Crippen LogP contribution in [0.4, 0.5) is 5.13 Å². The van der Waals surface area contributed by atoms with Gasteiger partial charge in [-0.2, -0.15) is 0 Å². The topological polar surface area (TPSA) is 111 Å². The summed E-state index contributed by atoms with van der Waals surface area (Å²) in [7, 11) is -5.45. The fraction of sp³-hybridized carbons (Fsp3) is 0.231. The first-order chi connectivity index (χ1) is 17.6. The molecule has 3 aromatic carbocycles. The highest BCUT2D eigenvalue weighted by Crippen LogP contribution is 2.32. The average molecular weight is 559 g/mol. The largest absolute Gasteiger partial charge is 0.497 e. The fourth-order valence-electron chi connectivity index (χ4n) is 3.72. The molecule has 0 radical (unpaired) electrons. The Balaban J connectivity index is 1.55. The molecule has 37 heavy (non-hydrogen) atoms. The molecular weight excluding hydrogens is 532 g/mol. The monoisotopic (exact) mass is 558 g/mol. The molecule has 0 saturated heterocycles. The first kappa shape index (κ1) is 26.8. The van der Waals surface area contributed by atoms with E-state index in [1.165, 1.54) is 41.5 Å². The summed E-state index contributed by atoms with van der Waals surface area (Å²) in [5.41, 5.74) is 1.47. The van der Waals surface area contributed by atoms with Gasteiger partial charge in [0.05, 0.1) is 39.4 Å². The zero-order valence-electron chi connectivity index (χ0n) is 20.3. The van der Waals surface area contributed by atoms with Gasteiger partial charge in [-0.25, -0.2) is 21.8 Å². The predicted molar refractivity (Wildman–Crippen MR) is 145 cm³/mol. The van der Waals surface area contributed by atoms with Crippen molar-refractivity contribution >= 4 is 52.3 Å². The van der Waals surface area contributed by atoms with Gasteiger partial charge < -0.3 is 4.74 Å². The lowest BCUT2D eigenvalue weighted by atomic mass is 10.2. The number of benzene rings is 3. The van der Waals surface area contributed by atoms with E-state index in [2.05, 4.69) is 4.98 Å². The Morgan fingerprint density at radius 3 is 2.27 bits per heavy atom. The number of carbonyl (C=O) groups is 1. The van der Waals surface area contributed by atoms with E-state index in [0.717, 1.165) is 11.8 Å². The summed E-state index contributed by atoms with van der Waals surface area (Å²) in [6.45, 7) is 0.254. The first-order valence-corrected chi connectivity index (χ1v) is 15.7. The van der Waals surface area contributed by atoms with Crippen LogP contribution in [0.1, 0.15) is 18.4 Å². The van der Waals surface area contributed by atoms with Crippen molar-refractivity contribution in [2.24, 2.45) is 0 Å². The molecule has 0 aliphatic heterocycles. The summed E-state index contributed by atoms with van der Waals surface area (Å²) in [6.07, 6.45) is 1.29. The Bertz CT molecular complexity index is 1610. The molecule has 4 aromatic rings. The summed E-state index contributed by atoms with van der Waals surface area (Å²) in [6, 6.07) is 20.2. The number of methoxy groups -OCH3 is 1. The van der Waals surface area contributed by atoms with Gasteiger partial charge in [-0.15, -0.1) is 0 Å². The molecule has 11 heteroatoms. The number of aromatic nitrogens is 1. The molecule has 194 valence electrons. The molecule has 0 fully saturated rings. The highest BCUT2D eigenvalue weighted by Gasteiger charge is 2.22. The van der Waals surface area contributed by atoms with Gasteiger partial charge >= 0.3 is 0 Å². The Labute approximate surface area is 220 Å². The lowest BCUT2D eigenvalue weighted by Crippen LogP contribution is -2.30. The second-order valence-electron chi connectivity index (χ2n) is 8.46. The number of carbonyl (C=O) groups excluding carboxylic acids is 1. The average Bonchev–Trinajstić information content (AvgIpc) is 3.30. The van der Waals surface area contributed by atoms with Crippen molar-refractivity contribution in [3.05, 3.63) is 78.4 Å². The van der Waals surface area contributed by atoms with E-state index in [4.69, 9.17) is 4.74 Å². The second-order valence-corrected chi connectivity index (χ2v) is 13.6. The molecule has 4 rings (SSSR count). The molecular formula is C26H26N2O6S3. The molecule has 0 unspecified atom stereocenters. The highest BCUT2D eigenvalue weighted by atomic mass is 32.2. The van der Waals surface area contributed by atoms with Gasteiger partial charge in [-0.3, -0.25) is 9.69 Å². The number of amides is 1. The van der Waals surface area contributed by atoms with E-state index in [0.29, 0.717) is 21.1 Å². The maximum absolute atomic E-state index is 13.3. The predicted octanol–water partition coefficient (Wildman–Crippen LogP) is 4.50. The van der Waals surface area contributed by atoms with Gasteiger partial charge in [-0.05, 0) is 54.4 Å². The normalized spacial score (nSPS) is 11.9. The third-order valence-electron chi connectivity index (χ3n) is 5.71. The lowest BCUT2D eigenvalue weighted by Gasteiger charge is -2.20. The molecule has 0 N–H and O–H groups in total. The van der Waals surface area contributed by atoms with Crippen LogP contribution in [0, 0.1) is 0 Å². The van der Waals surface area contributed by atoms with Crippen LogP contribution in [0.3, 0.4) is 0 Å². The van der Waals surface area contributed by atoms with Gasteiger partial charge in [-0.1, -0.05) is 41.7 Å².